The standard InChI is InChI=1S/C54H41N3O/c1-2-11-37-27-41(21-20-36(37)10-1)51-55-50(56-52(57-51)53-30-33-24-34(31-53)26-35(25-33)32-53)40-13-9-12-38(28-40)39-22-23-45-43(29-39)42-14-3-4-15-44(42)54(45)46-16-5-7-18-48(46)58-49-19-8-6-17-47(49)54/h1-23,27-29,33-35H,24-26,30-32H2. The lowest BCUT2D eigenvalue weighted by atomic mass is 9.49. The van der Waals surface area contributed by atoms with E-state index < -0.39 is 5.41 Å². The van der Waals surface area contributed by atoms with Gasteiger partial charge in [-0.15, -0.1) is 0 Å². The summed E-state index contributed by atoms with van der Waals surface area (Å²) in [4.78, 5) is 16.2. The minimum Gasteiger partial charge on any atom is -0.457 e. The summed E-state index contributed by atoms with van der Waals surface area (Å²) in [6.45, 7) is 0. The summed E-state index contributed by atoms with van der Waals surface area (Å²) in [6.07, 6.45) is 7.78. The highest BCUT2D eigenvalue weighted by atomic mass is 16.5. The molecule has 1 spiro atoms. The Morgan fingerprint density at radius 1 is 0.414 bits per heavy atom. The molecule has 6 aliphatic rings. The number of nitrogens with zero attached hydrogens (tertiary/aromatic N) is 3. The molecule has 0 saturated heterocycles. The van der Waals surface area contributed by atoms with E-state index in [2.05, 4.69) is 158 Å². The summed E-state index contributed by atoms with van der Waals surface area (Å²) < 4.78 is 6.56. The van der Waals surface area contributed by atoms with Crippen molar-refractivity contribution in [1.82, 2.24) is 15.0 Å². The Morgan fingerprint density at radius 3 is 1.69 bits per heavy atom. The minimum absolute atomic E-state index is 0.0420. The quantitative estimate of drug-likeness (QED) is 0.180. The summed E-state index contributed by atoms with van der Waals surface area (Å²) in [5.74, 6) is 6.78. The van der Waals surface area contributed by atoms with Gasteiger partial charge in [-0.25, -0.2) is 15.0 Å². The Morgan fingerprint density at radius 2 is 0.966 bits per heavy atom. The lowest BCUT2D eigenvalue weighted by Crippen LogP contribution is -2.49. The Hall–Kier alpha value is -6.39. The molecular formula is C54H41N3O. The molecule has 58 heavy (non-hydrogen) atoms. The van der Waals surface area contributed by atoms with E-state index in [-0.39, 0.29) is 5.41 Å². The first-order valence-corrected chi connectivity index (χ1v) is 21.1. The lowest BCUT2D eigenvalue weighted by molar-refractivity contribution is -0.00938. The smallest absolute Gasteiger partial charge is 0.163 e. The molecule has 1 aliphatic heterocycles. The van der Waals surface area contributed by atoms with Crippen molar-refractivity contribution in [3.05, 3.63) is 186 Å². The van der Waals surface area contributed by atoms with Gasteiger partial charge in [-0.05, 0) is 131 Å². The molecule has 4 nitrogen and oxygen atoms in total. The van der Waals surface area contributed by atoms with E-state index >= 15 is 0 Å². The predicted octanol–water partition coefficient (Wildman–Crippen LogP) is 13.0. The van der Waals surface area contributed by atoms with Gasteiger partial charge in [0.15, 0.2) is 11.6 Å². The molecule has 8 aromatic rings. The first-order chi connectivity index (χ1) is 28.6. The van der Waals surface area contributed by atoms with Crippen molar-refractivity contribution < 1.29 is 4.74 Å². The Kier molecular flexibility index (Phi) is 6.80. The minimum atomic E-state index is -0.477. The molecule has 4 bridgehead atoms. The van der Waals surface area contributed by atoms with E-state index in [1.807, 2.05) is 0 Å². The summed E-state index contributed by atoms with van der Waals surface area (Å²) in [7, 11) is 0. The van der Waals surface area contributed by atoms with Gasteiger partial charge in [0, 0.05) is 27.7 Å². The second kappa shape index (κ2) is 12.1. The van der Waals surface area contributed by atoms with E-state index in [1.54, 1.807) is 0 Å². The summed E-state index contributed by atoms with van der Waals surface area (Å²) in [5, 5.41) is 2.43. The average molecular weight is 748 g/mol. The van der Waals surface area contributed by atoms with Crippen molar-refractivity contribution >= 4 is 10.8 Å². The topological polar surface area (TPSA) is 47.9 Å². The molecule has 14 rings (SSSR count). The van der Waals surface area contributed by atoms with Crippen LogP contribution in [-0.2, 0) is 10.8 Å². The third kappa shape index (κ3) is 4.66. The van der Waals surface area contributed by atoms with Crippen LogP contribution in [0.5, 0.6) is 11.5 Å². The Bertz CT molecular complexity index is 2920. The molecule has 4 heteroatoms. The molecule has 7 aromatic carbocycles. The van der Waals surface area contributed by atoms with Crippen LogP contribution in [0.2, 0.25) is 0 Å². The second-order valence-electron chi connectivity index (χ2n) is 17.8. The third-order valence-corrected chi connectivity index (χ3v) is 14.5. The number of para-hydroxylation sites is 2. The molecule has 1 aromatic heterocycles. The first-order valence-electron chi connectivity index (χ1n) is 21.1. The average Bonchev–Trinajstić information content (AvgIpc) is 3.55. The molecular weight excluding hydrogens is 707 g/mol. The first kappa shape index (κ1) is 32.7. The maximum absolute atomic E-state index is 6.56. The molecule has 0 radical (unpaired) electrons. The molecule has 5 aliphatic carbocycles. The van der Waals surface area contributed by atoms with E-state index in [0.717, 1.165) is 63.4 Å². The third-order valence-electron chi connectivity index (χ3n) is 14.5. The maximum atomic E-state index is 6.56. The second-order valence-corrected chi connectivity index (χ2v) is 17.8. The van der Waals surface area contributed by atoms with Crippen molar-refractivity contribution in [2.75, 3.05) is 0 Å². The van der Waals surface area contributed by atoms with Crippen LogP contribution >= 0.6 is 0 Å². The largest absolute Gasteiger partial charge is 0.457 e. The van der Waals surface area contributed by atoms with Gasteiger partial charge in [-0.3, -0.25) is 0 Å². The molecule has 278 valence electrons. The summed E-state index contributed by atoms with van der Waals surface area (Å²) >= 11 is 0. The Balaban J connectivity index is 0.961. The maximum Gasteiger partial charge on any atom is 0.163 e. The van der Waals surface area contributed by atoms with Gasteiger partial charge in [0.1, 0.15) is 17.3 Å². The van der Waals surface area contributed by atoms with Gasteiger partial charge in [0.25, 0.3) is 0 Å². The van der Waals surface area contributed by atoms with Crippen LogP contribution in [0, 0.1) is 17.8 Å². The zero-order valence-electron chi connectivity index (χ0n) is 32.2. The number of benzene rings is 7. The van der Waals surface area contributed by atoms with E-state index in [0.29, 0.717) is 0 Å². The van der Waals surface area contributed by atoms with E-state index in [9.17, 15) is 0 Å². The van der Waals surface area contributed by atoms with E-state index in [4.69, 9.17) is 19.7 Å². The van der Waals surface area contributed by atoms with Crippen LogP contribution < -0.4 is 4.74 Å². The van der Waals surface area contributed by atoms with Gasteiger partial charge in [0.05, 0.1) is 5.41 Å². The van der Waals surface area contributed by atoms with Gasteiger partial charge < -0.3 is 4.74 Å². The van der Waals surface area contributed by atoms with Crippen molar-refractivity contribution in [3.63, 3.8) is 0 Å². The monoisotopic (exact) mass is 747 g/mol. The molecule has 0 atom stereocenters. The van der Waals surface area contributed by atoms with E-state index in [1.165, 1.54) is 88.2 Å². The van der Waals surface area contributed by atoms with Gasteiger partial charge in [-0.2, -0.15) is 0 Å². The van der Waals surface area contributed by atoms with Gasteiger partial charge in [-0.1, -0.05) is 127 Å². The molecule has 0 unspecified atom stereocenters. The van der Waals surface area contributed by atoms with Crippen molar-refractivity contribution in [2.24, 2.45) is 17.8 Å². The molecule has 4 saturated carbocycles. The number of rotatable bonds is 4. The van der Waals surface area contributed by atoms with Crippen molar-refractivity contribution in [3.8, 4) is 56.5 Å². The highest BCUT2D eigenvalue weighted by Gasteiger charge is 2.54. The van der Waals surface area contributed by atoms with Crippen LogP contribution in [0.3, 0.4) is 0 Å². The zero-order chi connectivity index (χ0) is 38.0. The highest BCUT2D eigenvalue weighted by molar-refractivity contribution is 5.91. The normalized spacial score (nSPS) is 22.6. The predicted molar refractivity (Wildman–Crippen MR) is 231 cm³/mol. The fourth-order valence-electron chi connectivity index (χ4n) is 12.5. The van der Waals surface area contributed by atoms with Crippen LogP contribution in [0.1, 0.15) is 66.6 Å². The number of fused-ring (bicyclic) bond motifs is 10. The van der Waals surface area contributed by atoms with Crippen LogP contribution in [-0.4, -0.2) is 15.0 Å². The zero-order valence-corrected chi connectivity index (χ0v) is 32.2. The number of hydrogen-bond donors (Lipinski definition) is 0. The number of ether oxygens (including phenoxy) is 1. The van der Waals surface area contributed by atoms with Crippen LogP contribution in [0.15, 0.2) is 158 Å². The molecule has 4 fully saturated rings. The Labute approximate surface area is 338 Å². The molecule has 0 N–H and O–H groups in total. The van der Waals surface area contributed by atoms with Crippen LogP contribution in [0.25, 0.3) is 55.8 Å². The fraction of sp³-hybridized carbons (Fsp3) is 0.204. The highest BCUT2D eigenvalue weighted by Crippen LogP contribution is 2.63. The number of aromatic nitrogens is 3. The summed E-state index contributed by atoms with van der Waals surface area (Å²) in [5.41, 5.74) is 11.4. The van der Waals surface area contributed by atoms with Gasteiger partial charge >= 0.3 is 0 Å². The number of hydrogen-bond acceptors (Lipinski definition) is 4. The molecule has 0 amide bonds. The SMILES string of the molecule is c1cc(-c2ccc3c(c2)-c2ccccc2C32c3ccccc3Oc3ccccc32)cc(-c2nc(-c3ccc4ccccc4c3)nc(C34CC5CC(CC(C5)C3)C4)n2)c1. The lowest BCUT2D eigenvalue weighted by Gasteiger charge is -2.56. The van der Waals surface area contributed by atoms with Crippen molar-refractivity contribution in [2.45, 2.75) is 49.4 Å². The van der Waals surface area contributed by atoms with Crippen molar-refractivity contribution in [1.29, 1.82) is 0 Å². The fourth-order valence-corrected chi connectivity index (χ4v) is 12.5. The van der Waals surface area contributed by atoms with Gasteiger partial charge in [0.2, 0.25) is 0 Å². The summed E-state index contributed by atoms with van der Waals surface area (Å²) in [6, 6.07) is 57.2. The molecule has 2 heterocycles. The van der Waals surface area contributed by atoms with Crippen LogP contribution in [0.4, 0.5) is 0 Å².